The smallest absolute Gasteiger partial charge is 0.407 e. The molecule has 1 amide bonds. The predicted molar refractivity (Wildman–Crippen MR) is 173 cm³/mol. The maximum absolute atomic E-state index is 17.0. The van der Waals surface area contributed by atoms with E-state index in [9.17, 15) is 14.3 Å². The Bertz CT molecular complexity index is 2040. The number of nitrogens with one attached hydrogen (secondary N) is 1. The van der Waals surface area contributed by atoms with Gasteiger partial charge in [0, 0.05) is 37.7 Å². The number of halogens is 5. The fraction of sp³-hybridized carbons (Fsp3) is 0.486. The summed E-state index contributed by atoms with van der Waals surface area (Å²) in [4.78, 5) is 29.5. The van der Waals surface area contributed by atoms with E-state index in [4.69, 9.17) is 9.47 Å². The number of fused-ring (bicyclic) bond motifs is 7. The van der Waals surface area contributed by atoms with Crippen molar-refractivity contribution in [2.75, 3.05) is 44.3 Å². The summed E-state index contributed by atoms with van der Waals surface area (Å²) in [5, 5.41) is 13.9. The first-order valence-electron chi connectivity index (χ1n) is 16.7. The van der Waals surface area contributed by atoms with Gasteiger partial charge in [-0.2, -0.15) is 9.97 Å². The molecule has 5 aliphatic rings. The van der Waals surface area contributed by atoms with E-state index in [1.807, 2.05) is 4.90 Å². The van der Waals surface area contributed by atoms with E-state index < -0.39 is 53.9 Å². The predicted octanol–water partition coefficient (Wildman–Crippen LogP) is 6.06. The first-order chi connectivity index (χ1) is 23.8. The maximum Gasteiger partial charge on any atom is 0.407 e. The van der Waals surface area contributed by atoms with Gasteiger partial charge in [-0.3, -0.25) is 9.88 Å². The molecule has 2 aromatic heterocycles. The topological polar surface area (TPSA) is 113 Å². The number of aromatic hydroxyl groups is 1. The van der Waals surface area contributed by atoms with Crippen molar-refractivity contribution in [1.29, 1.82) is 0 Å². The number of benzene rings is 2. The summed E-state index contributed by atoms with van der Waals surface area (Å²) in [6.45, 7) is 1.31. The third-order valence-electron chi connectivity index (χ3n) is 10.4. The lowest BCUT2D eigenvalue weighted by molar-refractivity contribution is -0.0390. The lowest BCUT2D eigenvalue weighted by Crippen LogP contribution is -2.63. The van der Waals surface area contributed by atoms with Gasteiger partial charge in [-0.25, -0.2) is 26.7 Å². The fourth-order valence-electron chi connectivity index (χ4n) is 8.46. The van der Waals surface area contributed by atoms with Crippen molar-refractivity contribution in [1.82, 2.24) is 25.2 Å². The molecule has 4 aromatic rings. The molecular formula is C35H35F5N6O4. The van der Waals surface area contributed by atoms with Crippen LogP contribution in [0.1, 0.15) is 44.6 Å². The van der Waals surface area contributed by atoms with Crippen molar-refractivity contribution in [2.24, 2.45) is 0 Å². The van der Waals surface area contributed by atoms with E-state index in [1.54, 1.807) is 0 Å². The van der Waals surface area contributed by atoms with Gasteiger partial charge >= 0.3 is 12.1 Å². The van der Waals surface area contributed by atoms with Crippen LogP contribution >= 0.6 is 0 Å². The highest BCUT2D eigenvalue weighted by molar-refractivity contribution is 6.01. The summed E-state index contributed by atoms with van der Waals surface area (Å²) >= 11 is 0. The number of piperidine rings is 1. The van der Waals surface area contributed by atoms with Crippen molar-refractivity contribution >= 4 is 33.6 Å². The molecule has 15 heteroatoms. The zero-order valence-electron chi connectivity index (χ0n) is 27.2. The Balaban J connectivity index is 1.33. The number of phenols is 1. The van der Waals surface area contributed by atoms with Crippen LogP contribution in [0.15, 0.2) is 30.5 Å². The lowest BCUT2D eigenvalue weighted by atomic mass is 9.88. The largest absolute Gasteiger partial charge is 0.508 e. The molecule has 0 saturated carbocycles. The highest BCUT2D eigenvalue weighted by atomic mass is 19.3. The van der Waals surface area contributed by atoms with Gasteiger partial charge in [0.05, 0.1) is 29.6 Å². The first kappa shape index (κ1) is 32.7. The number of hydrogen-bond acceptors (Lipinski definition) is 9. The minimum absolute atomic E-state index is 0.000963. The molecule has 9 rings (SSSR count). The van der Waals surface area contributed by atoms with Crippen LogP contribution in [0.25, 0.3) is 32.9 Å². The summed E-state index contributed by atoms with van der Waals surface area (Å²) in [5.74, 6) is -5.19. The van der Waals surface area contributed by atoms with Crippen molar-refractivity contribution in [3.8, 4) is 23.0 Å². The van der Waals surface area contributed by atoms with Crippen LogP contribution in [-0.4, -0.2) is 93.6 Å². The van der Waals surface area contributed by atoms with Gasteiger partial charge in [-0.05, 0) is 73.7 Å². The van der Waals surface area contributed by atoms with Gasteiger partial charge in [-0.1, -0.05) is 6.07 Å². The summed E-state index contributed by atoms with van der Waals surface area (Å²) in [7, 11) is 0. The molecule has 264 valence electrons. The van der Waals surface area contributed by atoms with Crippen molar-refractivity contribution in [3.05, 3.63) is 47.7 Å². The number of ether oxygens (including phenoxy) is 2. The average molecular weight is 699 g/mol. The molecule has 7 heterocycles. The Morgan fingerprint density at radius 2 is 2.00 bits per heavy atom. The number of carbonyl (C=O) groups is 1. The van der Waals surface area contributed by atoms with E-state index in [0.29, 0.717) is 23.7 Å². The average Bonchev–Trinajstić information content (AvgIpc) is 3.56. The van der Waals surface area contributed by atoms with Gasteiger partial charge in [0.25, 0.3) is 5.92 Å². The van der Waals surface area contributed by atoms with E-state index in [1.165, 1.54) is 42.3 Å². The van der Waals surface area contributed by atoms with E-state index in [2.05, 4.69) is 20.3 Å². The highest BCUT2D eigenvalue weighted by Gasteiger charge is 2.50. The molecule has 5 aliphatic heterocycles. The third kappa shape index (κ3) is 5.68. The second-order valence-corrected chi connectivity index (χ2v) is 14.3. The number of alkyl carbamates (subject to hydrolysis) is 1. The quantitative estimate of drug-likeness (QED) is 0.247. The maximum atomic E-state index is 17.0. The van der Waals surface area contributed by atoms with Gasteiger partial charge < -0.3 is 24.8 Å². The molecule has 3 fully saturated rings. The monoisotopic (exact) mass is 698 g/mol. The van der Waals surface area contributed by atoms with Gasteiger partial charge in [-0.15, -0.1) is 0 Å². The molecule has 2 N–H and O–H groups in total. The second kappa shape index (κ2) is 11.8. The molecule has 2 aromatic carbocycles. The Labute approximate surface area is 283 Å². The Morgan fingerprint density at radius 3 is 2.84 bits per heavy atom. The molecule has 6 bridgehead atoms. The first-order valence-corrected chi connectivity index (χ1v) is 16.7. The number of nitrogens with zero attached hydrogens (tertiary/aromatic N) is 5. The number of carbonyl (C=O) groups excluding carboxylic acids is 1. The summed E-state index contributed by atoms with van der Waals surface area (Å²) < 4.78 is 89.4. The van der Waals surface area contributed by atoms with Crippen LogP contribution < -0.4 is 15.0 Å². The van der Waals surface area contributed by atoms with E-state index >= 15 is 17.6 Å². The van der Waals surface area contributed by atoms with Crippen molar-refractivity contribution < 1.29 is 41.3 Å². The van der Waals surface area contributed by atoms with Gasteiger partial charge in [0.2, 0.25) is 0 Å². The molecule has 3 atom stereocenters. The van der Waals surface area contributed by atoms with E-state index in [-0.39, 0.29) is 90.9 Å². The van der Waals surface area contributed by atoms with E-state index in [0.717, 1.165) is 6.42 Å². The fourth-order valence-corrected chi connectivity index (χ4v) is 8.46. The number of pyridine rings is 1. The molecular weight excluding hydrogens is 663 g/mol. The Hall–Kier alpha value is -4.53. The number of aryl methyl sites for hydroxylation is 1. The minimum Gasteiger partial charge on any atom is -0.508 e. The van der Waals surface area contributed by atoms with Crippen LogP contribution in [0.4, 0.5) is 32.6 Å². The zero-order chi connectivity index (χ0) is 35.0. The Kier molecular flexibility index (Phi) is 7.69. The molecule has 0 spiro atoms. The normalized spacial score (nSPS) is 26.6. The number of hydrogen-bond donors (Lipinski definition) is 2. The SMILES string of the molecule is C[C@@]12CN(CC(F)(F)C1)c1nc(OC[C@@]34CCCN3C[C@H](F)C4)nc3c(F)c(ncc13)-c1cc(O)cc3ccc(F)c(c13)CCCOC(=O)N2. The van der Waals surface area contributed by atoms with Crippen LogP contribution in [-0.2, 0) is 11.2 Å². The summed E-state index contributed by atoms with van der Waals surface area (Å²) in [5.41, 5.74) is -2.40. The minimum atomic E-state index is -3.32. The number of alkyl halides is 3. The molecule has 50 heavy (non-hydrogen) atoms. The highest BCUT2D eigenvalue weighted by Crippen LogP contribution is 2.43. The van der Waals surface area contributed by atoms with Crippen molar-refractivity contribution in [2.45, 2.75) is 68.6 Å². The second-order valence-electron chi connectivity index (χ2n) is 14.3. The van der Waals surface area contributed by atoms with Gasteiger partial charge in [0.1, 0.15) is 41.4 Å². The van der Waals surface area contributed by atoms with Crippen LogP contribution in [0, 0.1) is 11.6 Å². The van der Waals surface area contributed by atoms with Gasteiger partial charge in [0.15, 0.2) is 5.82 Å². The Morgan fingerprint density at radius 1 is 1.16 bits per heavy atom. The zero-order valence-corrected chi connectivity index (χ0v) is 27.2. The summed E-state index contributed by atoms with van der Waals surface area (Å²) in [6, 6.07) is 5.09. The number of anilines is 1. The number of phenolic OH excluding ortho intramolecular Hbond substituents is 1. The summed E-state index contributed by atoms with van der Waals surface area (Å²) in [6.07, 6.45) is 0.597. The molecule has 3 saturated heterocycles. The number of aromatic nitrogens is 3. The number of rotatable bonds is 3. The van der Waals surface area contributed by atoms with Crippen LogP contribution in [0.5, 0.6) is 11.8 Å². The molecule has 10 nitrogen and oxygen atoms in total. The standard InChI is InChI=1S/C35H35F5N6O4/c1-33-15-35(39,40)17-45(16-33)30-24-13-41-28(27(38)29(24)42-31(43-30)50-18-34-7-3-8-46(34)14-20(36)12-34)23-11-21(47)10-19-5-6-25(37)22(26(19)23)4-2-9-49-32(48)44-33/h5-6,10-11,13,20,47H,2-4,7-9,12,14-18H2,1H3,(H,44,48)/t20-,33+,34+/m1/s1. The molecule has 0 radical (unpaired) electrons. The van der Waals surface area contributed by atoms with Crippen molar-refractivity contribution in [3.63, 3.8) is 0 Å². The molecule has 0 unspecified atom stereocenters. The lowest BCUT2D eigenvalue weighted by Gasteiger charge is -2.44. The number of amides is 1. The van der Waals surface area contributed by atoms with Crippen LogP contribution in [0.2, 0.25) is 0 Å². The third-order valence-corrected chi connectivity index (χ3v) is 10.4. The molecule has 0 aliphatic carbocycles. The van der Waals surface area contributed by atoms with Crippen LogP contribution in [0.3, 0.4) is 0 Å².